The standard InChI is InChI=1S/C16H18FNO/c1-16(2,3)13-7-5-6-12(15(13)19-4)11-8-9-14(17)18-10-11/h5-10H,1-4H3. The number of benzene rings is 1. The van der Waals surface area contributed by atoms with Crippen LogP contribution in [0.4, 0.5) is 4.39 Å². The maximum atomic E-state index is 12.9. The first-order valence-electron chi connectivity index (χ1n) is 6.23. The molecule has 0 N–H and O–H groups in total. The van der Waals surface area contributed by atoms with E-state index in [1.807, 2.05) is 12.1 Å². The van der Waals surface area contributed by atoms with Gasteiger partial charge < -0.3 is 4.74 Å². The van der Waals surface area contributed by atoms with Gasteiger partial charge >= 0.3 is 0 Å². The van der Waals surface area contributed by atoms with E-state index in [9.17, 15) is 4.39 Å². The topological polar surface area (TPSA) is 22.1 Å². The van der Waals surface area contributed by atoms with E-state index in [1.54, 1.807) is 13.2 Å². The number of methoxy groups -OCH3 is 1. The molecule has 19 heavy (non-hydrogen) atoms. The molecule has 0 spiro atoms. The van der Waals surface area contributed by atoms with Crippen molar-refractivity contribution in [1.29, 1.82) is 0 Å². The molecule has 0 saturated heterocycles. The first-order chi connectivity index (χ1) is 8.93. The summed E-state index contributed by atoms with van der Waals surface area (Å²) in [5.74, 6) is 0.345. The minimum Gasteiger partial charge on any atom is -0.496 e. The molecule has 2 aromatic rings. The van der Waals surface area contributed by atoms with Gasteiger partial charge in [0.25, 0.3) is 0 Å². The van der Waals surface area contributed by atoms with Crippen molar-refractivity contribution in [2.24, 2.45) is 0 Å². The zero-order valence-electron chi connectivity index (χ0n) is 11.7. The van der Waals surface area contributed by atoms with Gasteiger partial charge in [-0.05, 0) is 17.5 Å². The normalized spacial score (nSPS) is 11.4. The molecule has 100 valence electrons. The highest BCUT2D eigenvalue weighted by Gasteiger charge is 2.21. The van der Waals surface area contributed by atoms with E-state index < -0.39 is 5.95 Å². The minimum absolute atomic E-state index is 0.0190. The van der Waals surface area contributed by atoms with Crippen LogP contribution >= 0.6 is 0 Å². The first-order valence-corrected chi connectivity index (χ1v) is 6.23. The molecule has 2 nitrogen and oxygen atoms in total. The summed E-state index contributed by atoms with van der Waals surface area (Å²) in [4.78, 5) is 3.70. The highest BCUT2D eigenvalue weighted by Crippen LogP contribution is 2.38. The highest BCUT2D eigenvalue weighted by atomic mass is 19.1. The van der Waals surface area contributed by atoms with E-state index in [2.05, 4.69) is 31.8 Å². The van der Waals surface area contributed by atoms with Gasteiger partial charge in [-0.1, -0.05) is 39.0 Å². The van der Waals surface area contributed by atoms with Crippen molar-refractivity contribution in [3.63, 3.8) is 0 Å². The van der Waals surface area contributed by atoms with Crippen LogP contribution in [-0.2, 0) is 5.41 Å². The third-order valence-electron chi connectivity index (χ3n) is 3.07. The Kier molecular flexibility index (Phi) is 3.56. The van der Waals surface area contributed by atoms with Crippen LogP contribution in [0, 0.1) is 5.95 Å². The molecule has 0 saturated carbocycles. The van der Waals surface area contributed by atoms with Crippen LogP contribution in [0.25, 0.3) is 11.1 Å². The van der Waals surface area contributed by atoms with Crippen LogP contribution in [0.1, 0.15) is 26.3 Å². The van der Waals surface area contributed by atoms with Crippen molar-refractivity contribution in [2.45, 2.75) is 26.2 Å². The number of halogens is 1. The largest absolute Gasteiger partial charge is 0.496 e. The van der Waals surface area contributed by atoms with Crippen molar-refractivity contribution in [3.05, 3.63) is 48.0 Å². The average Bonchev–Trinajstić information content (AvgIpc) is 2.37. The Morgan fingerprint density at radius 3 is 2.37 bits per heavy atom. The summed E-state index contributed by atoms with van der Waals surface area (Å²) in [6.07, 6.45) is 1.53. The minimum atomic E-state index is -0.477. The monoisotopic (exact) mass is 259 g/mol. The Balaban J connectivity index is 2.61. The summed E-state index contributed by atoms with van der Waals surface area (Å²) in [6, 6.07) is 9.08. The number of rotatable bonds is 2. The Hall–Kier alpha value is -1.90. The molecule has 2 rings (SSSR count). The zero-order chi connectivity index (χ0) is 14.0. The van der Waals surface area contributed by atoms with Crippen molar-refractivity contribution >= 4 is 0 Å². The second-order valence-corrected chi connectivity index (χ2v) is 5.51. The molecule has 0 aliphatic carbocycles. The smallest absolute Gasteiger partial charge is 0.212 e. The molecule has 0 atom stereocenters. The molecular weight excluding hydrogens is 241 g/mol. The number of nitrogens with zero attached hydrogens (tertiary/aromatic N) is 1. The van der Waals surface area contributed by atoms with Crippen LogP contribution < -0.4 is 4.74 Å². The summed E-state index contributed by atoms with van der Waals surface area (Å²) in [7, 11) is 1.66. The maximum Gasteiger partial charge on any atom is 0.212 e. The quantitative estimate of drug-likeness (QED) is 0.754. The molecular formula is C16H18FNO. The van der Waals surface area contributed by atoms with Gasteiger partial charge in [-0.25, -0.2) is 4.98 Å². The Labute approximate surface area is 113 Å². The lowest BCUT2D eigenvalue weighted by molar-refractivity contribution is 0.399. The summed E-state index contributed by atoms with van der Waals surface area (Å²) in [5, 5.41) is 0. The Bertz CT molecular complexity index is 570. The van der Waals surface area contributed by atoms with Crippen LogP contribution in [0.2, 0.25) is 0 Å². The predicted molar refractivity (Wildman–Crippen MR) is 74.9 cm³/mol. The third-order valence-corrected chi connectivity index (χ3v) is 3.07. The molecule has 1 aromatic carbocycles. The fourth-order valence-electron chi connectivity index (χ4n) is 2.11. The molecule has 0 aliphatic heterocycles. The first kappa shape index (κ1) is 13.5. The zero-order valence-corrected chi connectivity index (χ0v) is 11.7. The van der Waals surface area contributed by atoms with E-state index in [4.69, 9.17) is 4.74 Å². The molecule has 0 fully saturated rings. The van der Waals surface area contributed by atoms with Gasteiger partial charge in [0.1, 0.15) is 5.75 Å². The van der Waals surface area contributed by atoms with Crippen molar-refractivity contribution in [1.82, 2.24) is 4.98 Å². The fourth-order valence-corrected chi connectivity index (χ4v) is 2.11. The van der Waals surface area contributed by atoms with Gasteiger partial charge in [0.2, 0.25) is 5.95 Å². The molecule has 0 radical (unpaired) electrons. The van der Waals surface area contributed by atoms with E-state index in [-0.39, 0.29) is 5.41 Å². The van der Waals surface area contributed by atoms with E-state index in [0.717, 1.165) is 22.4 Å². The maximum absolute atomic E-state index is 12.9. The number of pyridine rings is 1. The molecule has 0 unspecified atom stereocenters. The Morgan fingerprint density at radius 2 is 1.84 bits per heavy atom. The van der Waals surface area contributed by atoms with Gasteiger partial charge in [0.05, 0.1) is 7.11 Å². The second kappa shape index (κ2) is 5.00. The van der Waals surface area contributed by atoms with Gasteiger partial charge in [-0.2, -0.15) is 4.39 Å². The van der Waals surface area contributed by atoms with Gasteiger partial charge in [-0.15, -0.1) is 0 Å². The SMILES string of the molecule is COc1c(-c2ccc(F)nc2)cccc1C(C)(C)C. The summed E-state index contributed by atoms with van der Waals surface area (Å²) in [6.45, 7) is 6.41. The van der Waals surface area contributed by atoms with Crippen LogP contribution in [0.15, 0.2) is 36.5 Å². The number of aromatic nitrogens is 1. The van der Waals surface area contributed by atoms with E-state index in [0.29, 0.717) is 0 Å². The molecule has 3 heteroatoms. The lowest BCUT2D eigenvalue weighted by Crippen LogP contribution is -2.13. The van der Waals surface area contributed by atoms with Crippen LogP contribution in [0.5, 0.6) is 5.75 Å². The summed E-state index contributed by atoms with van der Waals surface area (Å²) < 4.78 is 18.5. The average molecular weight is 259 g/mol. The molecule has 1 aromatic heterocycles. The highest BCUT2D eigenvalue weighted by molar-refractivity contribution is 5.72. The van der Waals surface area contributed by atoms with Crippen LogP contribution in [0.3, 0.4) is 0 Å². The molecule has 1 heterocycles. The summed E-state index contributed by atoms with van der Waals surface area (Å²) >= 11 is 0. The second-order valence-electron chi connectivity index (χ2n) is 5.51. The van der Waals surface area contributed by atoms with E-state index >= 15 is 0 Å². The summed E-state index contributed by atoms with van der Waals surface area (Å²) in [5.41, 5.74) is 2.89. The van der Waals surface area contributed by atoms with Crippen LogP contribution in [-0.4, -0.2) is 12.1 Å². The van der Waals surface area contributed by atoms with E-state index in [1.165, 1.54) is 12.3 Å². The fraction of sp³-hybridized carbons (Fsp3) is 0.312. The van der Waals surface area contributed by atoms with Gasteiger partial charge in [0.15, 0.2) is 0 Å². The van der Waals surface area contributed by atoms with Gasteiger partial charge in [0, 0.05) is 22.9 Å². The van der Waals surface area contributed by atoms with Crippen molar-refractivity contribution in [3.8, 4) is 16.9 Å². The number of ether oxygens (including phenoxy) is 1. The van der Waals surface area contributed by atoms with Gasteiger partial charge in [-0.3, -0.25) is 0 Å². The predicted octanol–water partition coefficient (Wildman–Crippen LogP) is 4.19. The molecule has 0 bridgehead atoms. The van der Waals surface area contributed by atoms with Crippen molar-refractivity contribution in [2.75, 3.05) is 7.11 Å². The lowest BCUT2D eigenvalue weighted by Gasteiger charge is -2.23. The number of hydrogen-bond donors (Lipinski definition) is 0. The number of para-hydroxylation sites is 1. The van der Waals surface area contributed by atoms with Crippen molar-refractivity contribution < 1.29 is 9.13 Å². The third kappa shape index (κ3) is 2.75. The number of hydrogen-bond acceptors (Lipinski definition) is 2. The Morgan fingerprint density at radius 1 is 1.11 bits per heavy atom. The molecule has 0 aliphatic rings. The lowest BCUT2D eigenvalue weighted by atomic mass is 9.84. The molecule has 0 amide bonds.